The molecule has 1 aromatic carbocycles. The van der Waals surface area contributed by atoms with Crippen molar-refractivity contribution >= 4 is 24.0 Å². The second-order valence-corrected chi connectivity index (χ2v) is 6.28. The van der Waals surface area contributed by atoms with E-state index in [1.807, 2.05) is 6.07 Å². The van der Waals surface area contributed by atoms with Gasteiger partial charge in [-0.1, -0.05) is 30.9 Å². The Morgan fingerprint density at radius 2 is 1.86 bits per heavy atom. The van der Waals surface area contributed by atoms with Gasteiger partial charge in [-0.25, -0.2) is 0 Å². The first-order valence-corrected chi connectivity index (χ1v) is 8.75. The molecule has 0 amide bonds. The molecule has 0 saturated carbocycles. The standard InChI is InChI=1S/C19H26N2O7/c1-2-13-4-3-5-14(10-13)16(22)12-21(8-6-17(23)24)9-7-20-15(19(27)28)11-18(25)26/h2-5,10,15-16,20,22H,1,6-9,11-12H2,(H,23,24)(H,25,26)(H,27,28). The minimum Gasteiger partial charge on any atom is -0.481 e. The maximum absolute atomic E-state index is 11.1. The molecular formula is C19H26N2O7. The zero-order valence-electron chi connectivity index (χ0n) is 15.5. The monoisotopic (exact) mass is 394 g/mol. The predicted octanol–water partition coefficient (Wildman–Crippen LogP) is 0.657. The third-order valence-corrected chi connectivity index (χ3v) is 4.10. The van der Waals surface area contributed by atoms with E-state index >= 15 is 0 Å². The van der Waals surface area contributed by atoms with Gasteiger partial charge in [-0.2, -0.15) is 0 Å². The highest BCUT2D eigenvalue weighted by atomic mass is 16.4. The molecule has 9 nitrogen and oxygen atoms in total. The van der Waals surface area contributed by atoms with Gasteiger partial charge >= 0.3 is 17.9 Å². The molecule has 0 fully saturated rings. The van der Waals surface area contributed by atoms with Gasteiger partial charge in [-0.15, -0.1) is 0 Å². The van der Waals surface area contributed by atoms with E-state index in [1.165, 1.54) is 0 Å². The van der Waals surface area contributed by atoms with Crippen LogP contribution in [0.1, 0.15) is 30.1 Å². The van der Waals surface area contributed by atoms with Gasteiger partial charge in [0.25, 0.3) is 0 Å². The number of nitrogens with one attached hydrogen (secondary N) is 1. The molecule has 0 heterocycles. The summed E-state index contributed by atoms with van der Waals surface area (Å²) in [7, 11) is 0. The van der Waals surface area contributed by atoms with Crippen molar-refractivity contribution in [2.24, 2.45) is 0 Å². The second-order valence-electron chi connectivity index (χ2n) is 6.28. The molecule has 0 bridgehead atoms. The Morgan fingerprint density at radius 1 is 1.14 bits per heavy atom. The molecule has 0 aliphatic rings. The molecule has 0 saturated heterocycles. The Hall–Kier alpha value is -2.75. The largest absolute Gasteiger partial charge is 0.481 e. The Bertz CT molecular complexity index is 693. The van der Waals surface area contributed by atoms with Crippen molar-refractivity contribution in [3.05, 3.63) is 42.0 Å². The van der Waals surface area contributed by atoms with Crippen LogP contribution in [0.3, 0.4) is 0 Å². The highest BCUT2D eigenvalue weighted by Crippen LogP contribution is 2.16. The minimum atomic E-state index is -1.28. The number of rotatable bonds is 14. The topological polar surface area (TPSA) is 147 Å². The molecule has 0 radical (unpaired) electrons. The summed E-state index contributed by atoms with van der Waals surface area (Å²) in [5, 5.41) is 39.8. The van der Waals surface area contributed by atoms with E-state index in [4.69, 9.17) is 15.3 Å². The first-order chi connectivity index (χ1) is 13.2. The first kappa shape index (κ1) is 23.3. The molecule has 2 atom stereocenters. The van der Waals surface area contributed by atoms with Crippen LogP contribution in [0.25, 0.3) is 6.08 Å². The Morgan fingerprint density at radius 3 is 2.43 bits per heavy atom. The van der Waals surface area contributed by atoms with E-state index in [-0.39, 0.29) is 32.6 Å². The lowest BCUT2D eigenvalue weighted by atomic mass is 10.1. The summed E-state index contributed by atoms with van der Waals surface area (Å²) < 4.78 is 0. The smallest absolute Gasteiger partial charge is 0.321 e. The molecule has 154 valence electrons. The third kappa shape index (κ3) is 8.76. The van der Waals surface area contributed by atoms with Crippen LogP contribution in [0, 0.1) is 0 Å². The van der Waals surface area contributed by atoms with E-state index in [0.717, 1.165) is 5.56 Å². The average molecular weight is 394 g/mol. The SMILES string of the molecule is C=Cc1cccc(C(O)CN(CCNC(CC(=O)O)C(=O)O)CCC(=O)O)c1. The summed E-state index contributed by atoms with van der Waals surface area (Å²) in [5.41, 5.74) is 1.49. The fourth-order valence-electron chi connectivity index (χ4n) is 2.61. The number of aliphatic hydroxyl groups is 1. The Labute approximate surface area is 162 Å². The van der Waals surface area contributed by atoms with Gasteiger partial charge in [0.1, 0.15) is 6.04 Å². The summed E-state index contributed by atoms with van der Waals surface area (Å²) in [6.07, 6.45) is 0.0674. The van der Waals surface area contributed by atoms with Gasteiger partial charge in [0.15, 0.2) is 0 Å². The van der Waals surface area contributed by atoms with Crippen LogP contribution in [-0.2, 0) is 14.4 Å². The summed E-state index contributed by atoms with van der Waals surface area (Å²) in [6, 6.07) is 5.90. The van der Waals surface area contributed by atoms with Gasteiger partial charge < -0.3 is 25.7 Å². The number of benzene rings is 1. The van der Waals surface area contributed by atoms with Crippen molar-refractivity contribution in [1.82, 2.24) is 10.2 Å². The van der Waals surface area contributed by atoms with Crippen LogP contribution in [0.5, 0.6) is 0 Å². The van der Waals surface area contributed by atoms with Crippen LogP contribution in [0.4, 0.5) is 0 Å². The maximum Gasteiger partial charge on any atom is 0.321 e. The summed E-state index contributed by atoms with van der Waals surface area (Å²) in [6.45, 7) is 4.35. The number of aliphatic hydroxyl groups excluding tert-OH is 1. The Kier molecular flexibility index (Phi) is 9.86. The quantitative estimate of drug-likeness (QED) is 0.307. The van der Waals surface area contributed by atoms with Gasteiger partial charge in [0.2, 0.25) is 0 Å². The van der Waals surface area contributed by atoms with Gasteiger partial charge in [-0.3, -0.25) is 19.3 Å². The number of hydrogen-bond donors (Lipinski definition) is 5. The fourth-order valence-corrected chi connectivity index (χ4v) is 2.61. The molecule has 1 aromatic rings. The normalized spacial score (nSPS) is 13.1. The number of hydrogen-bond acceptors (Lipinski definition) is 6. The van der Waals surface area contributed by atoms with Crippen molar-refractivity contribution in [2.75, 3.05) is 26.2 Å². The zero-order chi connectivity index (χ0) is 21.1. The first-order valence-electron chi connectivity index (χ1n) is 8.75. The lowest BCUT2D eigenvalue weighted by Crippen LogP contribution is -2.43. The molecule has 0 spiro atoms. The number of aliphatic carboxylic acids is 3. The number of carbonyl (C=O) groups is 3. The van der Waals surface area contributed by atoms with Crippen LogP contribution < -0.4 is 5.32 Å². The van der Waals surface area contributed by atoms with Crippen LogP contribution in [0.15, 0.2) is 30.8 Å². The van der Waals surface area contributed by atoms with Gasteiger partial charge in [-0.05, 0) is 17.2 Å². The average Bonchev–Trinajstić information content (AvgIpc) is 2.64. The lowest BCUT2D eigenvalue weighted by molar-refractivity contribution is -0.145. The summed E-state index contributed by atoms with van der Waals surface area (Å²) in [5.74, 6) is -3.50. The van der Waals surface area contributed by atoms with Crippen LogP contribution in [-0.4, -0.2) is 75.5 Å². The van der Waals surface area contributed by atoms with Gasteiger partial charge in [0.05, 0.1) is 18.9 Å². The maximum atomic E-state index is 11.1. The van der Waals surface area contributed by atoms with E-state index in [2.05, 4.69) is 11.9 Å². The van der Waals surface area contributed by atoms with Crippen molar-refractivity contribution in [1.29, 1.82) is 0 Å². The van der Waals surface area contributed by atoms with Crippen LogP contribution in [0.2, 0.25) is 0 Å². The third-order valence-electron chi connectivity index (χ3n) is 4.10. The predicted molar refractivity (Wildman–Crippen MR) is 102 cm³/mol. The van der Waals surface area contributed by atoms with E-state index in [1.54, 1.807) is 29.2 Å². The van der Waals surface area contributed by atoms with Crippen molar-refractivity contribution in [2.45, 2.75) is 25.0 Å². The lowest BCUT2D eigenvalue weighted by Gasteiger charge is -2.25. The molecule has 2 unspecified atom stereocenters. The molecule has 28 heavy (non-hydrogen) atoms. The van der Waals surface area contributed by atoms with Crippen molar-refractivity contribution in [3.8, 4) is 0 Å². The number of carboxylic acids is 3. The van der Waals surface area contributed by atoms with E-state index in [0.29, 0.717) is 5.56 Å². The molecule has 5 N–H and O–H groups in total. The van der Waals surface area contributed by atoms with E-state index < -0.39 is 36.5 Å². The van der Waals surface area contributed by atoms with E-state index in [9.17, 15) is 19.5 Å². The zero-order valence-corrected chi connectivity index (χ0v) is 15.5. The highest BCUT2D eigenvalue weighted by molar-refractivity contribution is 5.80. The number of carboxylic acid groups (broad SMARTS) is 3. The van der Waals surface area contributed by atoms with Crippen molar-refractivity contribution < 1.29 is 34.8 Å². The highest BCUT2D eigenvalue weighted by Gasteiger charge is 2.21. The molecule has 0 aliphatic carbocycles. The molecule has 9 heteroatoms. The molecular weight excluding hydrogens is 368 g/mol. The van der Waals surface area contributed by atoms with Gasteiger partial charge in [0, 0.05) is 26.2 Å². The molecule has 0 aromatic heterocycles. The summed E-state index contributed by atoms with van der Waals surface area (Å²) in [4.78, 5) is 34.4. The number of nitrogens with zero attached hydrogens (tertiary/aromatic N) is 1. The molecule has 1 rings (SSSR count). The second kappa shape index (κ2) is 11.9. The van der Waals surface area contributed by atoms with Crippen LogP contribution >= 0.6 is 0 Å². The Balaban J connectivity index is 2.70. The molecule has 0 aliphatic heterocycles. The van der Waals surface area contributed by atoms with Crippen molar-refractivity contribution in [3.63, 3.8) is 0 Å². The minimum absolute atomic E-state index is 0.128. The fraction of sp³-hybridized carbons (Fsp3) is 0.421. The summed E-state index contributed by atoms with van der Waals surface area (Å²) >= 11 is 0.